The zero-order valence-corrected chi connectivity index (χ0v) is 20.2. The lowest BCUT2D eigenvalue weighted by atomic mass is 9.84. The van der Waals surface area contributed by atoms with E-state index in [2.05, 4.69) is 59.5 Å². The van der Waals surface area contributed by atoms with Gasteiger partial charge in [-0.2, -0.15) is 0 Å². The Morgan fingerprint density at radius 2 is 1.85 bits per heavy atom. The molecule has 0 atom stereocenters. The molecule has 0 aliphatic carbocycles. The Balaban J connectivity index is 1.79. The van der Waals surface area contributed by atoms with Gasteiger partial charge in [-0.25, -0.2) is 4.98 Å². The van der Waals surface area contributed by atoms with Gasteiger partial charge >= 0.3 is 0 Å². The maximum Gasteiger partial charge on any atom is 0.130 e. The summed E-state index contributed by atoms with van der Waals surface area (Å²) in [5, 5.41) is 21.2. The first-order valence-corrected chi connectivity index (χ1v) is 12.3. The van der Waals surface area contributed by atoms with Gasteiger partial charge in [0.05, 0.1) is 18.0 Å². The number of piperidine rings is 1. The fourth-order valence-electron chi connectivity index (χ4n) is 4.66. The van der Waals surface area contributed by atoms with Crippen molar-refractivity contribution in [3.05, 3.63) is 71.0 Å². The minimum atomic E-state index is -0.109. The van der Waals surface area contributed by atoms with Crippen LogP contribution in [-0.4, -0.2) is 46.3 Å². The lowest BCUT2D eigenvalue weighted by Gasteiger charge is -2.31. The van der Waals surface area contributed by atoms with Gasteiger partial charge in [0.15, 0.2) is 0 Å². The molecule has 4 rings (SSSR count). The summed E-state index contributed by atoms with van der Waals surface area (Å²) in [6.07, 6.45) is 6.86. The number of pyridine rings is 2. The Morgan fingerprint density at radius 3 is 2.59 bits per heavy atom. The van der Waals surface area contributed by atoms with Crippen molar-refractivity contribution in [3.63, 3.8) is 0 Å². The van der Waals surface area contributed by atoms with E-state index in [-0.39, 0.29) is 6.61 Å². The standard InChI is InChI=1S/C28H35N5O/c1-3-4-7-22-8-5-10-26(30-22)21-16-24(20-12-14-33(2)15-13-20)25(18-29)27(17-21)32-28-11-6-9-23(19-34)31-28/h5-6,8-11,16-18,20,29,34H,3-4,7,12-15,19H2,1-2H3,(H,31,32). The molecule has 0 spiro atoms. The van der Waals surface area contributed by atoms with E-state index in [0.717, 1.165) is 73.4 Å². The molecule has 3 heterocycles. The Labute approximate surface area is 202 Å². The van der Waals surface area contributed by atoms with E-state index in [1.807, 2.05) is 12.1 Å². The van der Waals surface area contributed by atoms with Crippen molar-refractivity contribution in [2.24, 2.45) is 0 Å². The van der Waals surface area contributed by atoms with Crippen molar-refractivity contribution in [1.29, 1.82) is 5.41 Å². The van der Waals surface area contributed by atoms with Crippen molar-refractivity contribution >= 4 is 17.7 Å². The molecule has 0 radical (unpaired) electrons. The van der Waals surface area contributed by atoms with Crippen LogP contribution in [0.2, 0.25) is 0 Å². The van der Waals surface area contributed by atoms with Gasteiger partial charge in [0.1, 0.15) is 5.82 Å². The third kappa shape index (κ3) is 5.69. The molecule has 1 aliphatic heterocycles. The van der Waals surface area contributed by atoms with E-state index in [1.54, 1.807) is 6.07 Å². The summed E-state index contributed by atoms with van der Waals surface area (Å²) in [4.78, 5) is 11.8. The first-order chi connectivity index (χ1) is 16.6. The molecule has 1 aromatic carbocycles. The molecular formula is C28H35N5O. The van der Waals surface area contributed by atoms with Crippen LogP contribution in [0.15, 0.2) is 48.5 Å². The molecule has 3 aromatic rings. The van der Waals surface area contributed by atoms with Gasteiger partial charge in [-0.15, -0.1) is 0 Å². The van der Waals surface area contributed by atoms with Gasteiger partial charge in [-0.3, -0.25) is 4.98 Å². The number of likely N-dealkylation sites (tertiary alicyclic amines) is 1. The normalized spacial score (nSPS) is 14.8. The topological polar surface area (TPSA) is 85.1 Å². The van der Waals surface area contributed by atoms with Crippen molar-refractivity contribution in [3.8, 4) is 11.3 Å². The largest absolute Gasteiger partial charge is 0.390 e. The highest BCUT2D eigenvalue weighted by Crippen LogP contribution is 2.37. The molecule has 34 heavy (non-hydrogen) atoms. The quantitative estimate of drug-likeness (QED) is 0.368. The minimum Gasteiger partial charge on any atom is -0.390 e. The van der Waals surface area contributed by atoms with Crippen LogP contribution in [-0.2, 0) is 13.0 Å². The first-order valence-electron chi connectivity index (χ1n) is 12.3. The Morgan fingerprint density at radius 1 is 1.09 bits per heavy atom. The molecule has 0 amide bonds. The van der Waals surface area contributed by atoms with Gasteiger partial charge in [0, 0.05) is 28.7 Å². The smallest absolute Gasteiger partial charge is 0.130 e. The maximum atomic E-state index is 9.51. The van der Waals surface area contributed by atoms with Crippen LogP contribution < -0.4 is 5.32 Å². The minimum absolute atomic E-state index is 0.109. The number of nitrogens with zero attached hydrogens (tertiary/aromatic N) is 3. The molecule has 1 fully saturated rings. The number of aryl methyl sites for hydroxylation is 1. The van der Waals surface area contributed by atoms with Gasteiger partial charge < -0.3 is 20.7 Å². The van der Waals surface area contributed by atoms with E-state index in [4.69, 9.17) is 10.4 Å². The Kier molecular flexibility index (Phi) is 8.03. The number of rotatable bonds is 9. The predicted molar refractivity (Wildman–Crippen MR) is 139 cm³/mol. The van der Waals surface area contributed by atoms with Crippen LogP contribution in [0.4, 0.5) is 11.5 Å². The summed E-state index contributed by atoms with van der Waals surface area (Å²) in [5.74, 6) is 1.05. The number of aliphatic hydroxyl groups is 1. The summed E-state index contributed by atoms with van der Waals surface area (Å²) < 4.78 is 0. The first kappa shape index (κ1) is 24.0. The highest BCUT2D eigenvalue weighted by Gasteiger charge is 2.23. The number of hydrogen-bond donors (Lipinski definition) is 3. The maximum absolute atomic E-state index is 9.51. The lowest BCUT2D eigenvalue weighted by molar-refractivity contribution is 0.255. The number of benzene rings is 1. The third-order valence-electron chi connectivity index (χ3n) is 6.64. The monoisotopic (exact) mass is 457 g/mol. The Hall–Kier alpha value is -3.09. The average molecular weight is 458 g/mol. The van der Waals surface area contributed by atoms with Crippen LogP contribution in [0.3, 0.4) is 0 Å². The molecule has 0 unspecified atom stereocenters. The fourth-order valence-corrected chi connectivity index (χ4v) is 4.66. The van der Waals surface area contributed by atoms with Crippen LogP contribution in [0, 0.1) is 5.41 Å². The molecule has 1 saturated heterocycles. The van der Waals surface area contributed by atoms with E-state index in [1.165, 1.54) is 11.8 Å². The van der Waals surface area contributed by atoms with Crippen LogP contribution in [0.1, 0.15) is 61.0 Å². The fraction of sp³-hybridized carbons (Fsp3) is 0.393. The van der Waals surface area contributed by atoms with Gasteiger partial charge in [-0.1, -0.05) is 25.5 Å². The summed E-state index contributed by atoms with van der Waals surface area (Å²) in [6.45, 7) is 4.20. The molecule has 1 aliphatic rings. The molecule has 2 aromatic heterocycles. The summed E-state index contributed by atoms with van der Waals surface area (Å²) in [7, 11) is 2.17. The zero-order chi connectivity index (χ0) is 23.9. The summed E-state index contributed by atoms with van der Waals surface area (Å²) in [6, 6.07) is 16.2. The highest BCUT2D eigenvalue weighted by molar-refractivity contribution is 5.91. The van der Waals surface area contributed by atoms with Crippen LogP contribution in [0.25, 0.3) is 11.3 Å². The molecule has 0 bridgehead atoms. The lowest BCUT2D eigenvalue weighted by Crippen LogP contribution is -2.29. The van der Waals surface area contributed by atoms with Crippen molar-refractivity contribution in [2.75, 3.05) is 25.5 Å². The number of aliphatic hydroxyl groups excluding tert-OH is 1. The average Bonchev–Trinajstić information content (AvgIpc) is 2.87. The van der Waals surface area contributed by atoms with E-state index < -0.39 is 0 Å². The van der Waals surface area contributed by atoms with Crippen molar-refractivity contribution < 1.29 is 5.11 Å². The molecule has 0 saturated carbocycles. The second-order valence-corrected chi connectivity index (χ2v) is 9.16. The summed E-state index contributed by atoms with van der Waals surface area (Å²) in [5.41, 5.74) is 6.68. The number of unbranched alkanes of at least 4 members (excludes halogenated alkanes) is 1. The van der Waals surface area contributed by atoms with Gasteiger partial charge in [0.25, 0.3) is 0 Å². The van der Waals surface area contributed by atoms with Crippen LogP contribution in [0.5, 0.6) is 0 Å². The van der Waals surface area contributed by atoms with Crippen LogP contribution >= 0.6 is 0 Å². The van der Waals surface area contributed by atoms with E-state index in [0.29, 0.717) is 17.4 Å². The molecule has 6 heteroatoms. The Bertz CT molecular complexity index is 1120. The van der Waals surface area contributed by atoms with E-state index >= 15 is 0 Å². The second-order valence-electron chi connectivity index (χ2n) is 9.16. The van der Waals surface area contributed by atoms with Gasteiger partial charge in [-0.05, 0) is 93.7 Å². The predicted octanol–water partition coefficient (Wildman–Crippen LogP) is 5.53. The highest BCUT2D eigenvalue weighted by atomic mass is 16.3. The molecular weight excluding hydrogens is 422 g/mol. The van der Waals surface area contributed by atoms with Crippen molar-refractivity contribution in [2.45, 2.75) is 51.6 Å². The molecule has 6 nitrogen and oxygen atoms in total. The second kappa shape index (κ2) is 11.4. The zero-order valence-electron chi connectivity index (χ0n) is 20.2. The number of nitrogens with one attached hydrogen (secondary N) is 2. The van der Waals surface area contributed by atoms with Crippen molar-refractivity contribution in [1.82, 2.24) is 14.9 Å². The van der Waals surface area contributed by atoms with Gasteiger partial charge in [0.2, 0.25) is 0 Å². The SMILES string of the molecule is CCCCc1cccc(-c2cc(Nc3cccc(CO)n3)c(C=N)c(C3CCN(C)CC3)c2)n1. The number of anilines is 2. The third-order valence-corrected chi connectivity index (χ3v) is 6.64. The number of aromatic nitrogens is 2. The summed E-state index contributed by atoms with van der Waals surface area (Å²) >= 11 is 0. The van der Waals surface area contributed by atoms with E-state index in [9.17, 15) is 5.11 Å². The molecule has 178 valence electrons. The number of hydrogen-bond acceptors (Lipinski definition) is 6. The molecule has 3 N–H and O–H groups in total.